The van der Waals surface area contributed by atoms with Gasteiger partial charge in [0.15, 0.2) is 0 Å². The van der Waals surface area contributed by atoms with Crippen molar-refractivity contribution in [2.24, 2.45) is 14.1 Å². The summed E-state index contributed by atoms with van der Waals surface area (Å²) in [5.74, 6) is -0.520. The Bertz CT molecular complexity index is 1130. The molecule has 0 atom stereocenters. The zero-order valence-electron chi connectivity index (χ0n) is 17.0. The predicted octanol–water partition coefficient (Wildman–Crippen LogP) is 4.03. The summed E-state index contributed by atoms with van der Waals surface area (Å²) in [4.78, 5) is 12.1. The first-order valence-corrected chi connectivity index (χ1v) is 9.91. The Labute approximate surface area is 173 Å². The number of carbonyl (C=O) groups is 1. The molecule has 4 aromatic rings. The Morgan fingerprint density at radius 1 is 0.800 bits per heavy atom. The number of amides is 2. The number of fused-ring (bicyclic) bond motifs is 2. The number of carbonyl (C=O) groups excluding carboxylic acids is 1. The minimum atomic E-state index is -0.260. The molecule has 0 radical (unpaired) electrons. The van der Waals surface area contributed by atoms with E-state index in [9.17, 15) is 13.6 Å². The highest BCUT2D eigenvalue weighted by Crippen LogP contribution is 2.23. The van der Waals surface area contributed by atoms with Crippen LogP contribution in [0.1, 0.15) is 11.1 Å². The molecule has 2 N–H and O–H groups in total. The van der Waals surface area contributed by atoms with Gasteiger partial charge in [0.05, 0.1) is 11.0 Å². The molecule has 2 aromatic carbocycles. The molecule has 0 saturated carbocycles. The predicted molar refractivity (Wildman–Crippen MR) is 115 cm³/mol. The average Bonchev–Trinajstić information content (AvgIpc) is 3.18. The van der Waals surface area contributed by atoms with E-state index in [0.717, 1.165) is 32.9 Å². The van der Waals surface area contributed by atoms with Gasteiger partial charge < -0.3 is 19.8 Å². The summed E-state index contributed by atoms with van der Waals surface area (Å²) in [6.07, 6.45) is 5.25. The van der Waals surface area contributed by atoms with E-state index in [-0.39, 0.29) is 17.7 Å². The topological polar surface area (TPSA) is 51.0 Å². The van der Waals surface area contributed by atoms with E-state index in [4.69, 9.17) is 0 Å². The molecule has 7 heteroatoms. The second-order valence-corrected chi connectivity index (χ2v) is 7.54. The molecular formula is C23H24F2N4O. The molecule has 2 amide bonds. The van der Waals surface area contributed by atoms with Crippen LogP contribution in [0.25, 0.3) is 21.8 Å². The van der Waals surface area contributed by atoms with Gasteiger partial charge in [-0.15, -0.1) is 0 Å². The Balaban J connectivity index is 1.28. The Morgan fingerprint density at radius 3 is 1.67 bits per heavy atom. The largest absolute Gasteiger partial charge is 0.350 e. The van der Waals surface area contributed by atoms with E-state index in [1.165, 1.54) is 24.3 Å². The fraction of sp³-hybridized carbons (Fsp3) is 0.261. The standard InChI is InChI=1S/C23H24F2N4O/c1-28-13-15(19-5-3-17(24)11-21(19)28)7-9-26-23(30)27-10-8-16-14-29(2)22-12-18(25)4-6-20(16)22/h3-6,11-14H,7-10H2,1-2H3,(H2,26,27,30). The molecule has 0 unspecified atom stereocenters. The van der Waals surface area contributed by atoms with Crippen molar-refractivity contribution in [1.82, 2.24) is 19.8 Å². The van der Waals surface area contributed by atoms with Crippen LogP contribution in [0.3, 0.4) is 0 Å². The number of urea groups is 1. The lowest BCUT2D eigenvalue weighted by Crippen LogP contribution is -2.37. The molecule has 4 rings (SSSR count). The number of hydrogen-bond donors (Lipinski definition) is 2. The molecule has 0 bridgehead atoms. The maximum absolute atomic E-state index is 13.4. The van der Waals surface area contributed by atoms with Crippen molar-refractivity contribution >= 4 is 27.8 Å². The van der Waals surface area contributed by atoms with E-state index in [2.05, 4.69) is 10.6 Å². The van der Waals surface area contributed by atoms with Gasteiger partial charge in [0, 0.05) is 50.4 Å². The van der Waals surface area contributed by atoms with Gasteiger partial charge in [0.1, 0.15) is 11.6 Å². The highest BCUT2D eigenvalue weighted by Gasteiger charge is 2.10. The lowest BCUT2D eigenvalue weighted by molar-refractivity contribution is 0.241. The first-order valence-electron chi connectivity index (χ1n) is 9.91. The minimum absolute atomic E-state index is 0.229. The summed E-state index contributed by atoms with van der Waals surface area (Å²) < 4.78 is 30.7. The number of aromatic nitrogens is 2. The second-order valence-electron chi connectivity index (χ2n) is 7.54. The summed E-state index contributed by atoms with van der Waals surface area (Å²) >= 11 is 0. The Kier molecular flexibility index (Phi) is 5.44. The first-order chi connectivity index (χ1) is 14.4. The van der Waals surface area contributed by atoms with Gasteiger partial charge in [-0.2, -0.15) is 0 Å². The van der Waals surface area contributed by atoms with E-state index < -0.39 is 0 Å². The monoisotopic (exact) mass is 410 g/mol. The number of rotatable bonds is 6. The lowest BCUT2D eigenvalue weighted by atomic mass is 10.1. The van der Waals surface area contributed by atoms with E-state index in [0.29, 0.717) is 25.9 Å². The summed E-state index contributed by atoms with van der Waals surface area (Å²) in [5.41, 5.74) is 3.81. The Hall–Kier alpha value is -3.35. The lowest BCUT2D eigenvalue weighted by Gasteiger charge is -2.07. The van der Waals surface area contributed by atoms with Crippen LogP contribution in [-0.2, 0) is 26.9 Å². The number of halogens is 2. The molecule has 5 nitrogen and oxygen atoms in total. The zero-order valence-corrected chi connectivity index (χ0v) is 17.0. The molecule has 0 fully saturated rings. The van der Waals surface area contributed by atoms with Gasteiger partial charge in [-0.25, -0.2) is 13.6 Å². The normalized spacial score (nSPS) is 11.3. The van der Waals surface area contributed by atoms with Crippen LogP contribution < -0.4 is 10.6 Å². The van der Waals surface area contributed by atoms with Gasteiger partial charge in [-0.05, 0) is 60.4 Å². The fourth-order valence-corrected chi connectivity index (χ4v) is 3.96. The first kappa shape index (κ1) is 19.9. The Morgan fingerprint density at radius 2 is 1.23 bits per heavy atom. The van der Waals surface area contributed by atoms with E-state index in [1.54, 1.807) is 12.1 Å². The molecule has 30 heavy (non-hydrogen) atoms. The van der Waals surface area contributed by atoms with Crippen molar-refractivity contribution < 1.29 is 13.6 Å². The van der Waals surface area contributed by atoms with Gasteiger partial charge in [-0.3, -0.25) is 0 Å². The fourth-order valence-electron chi connectivity index (χ4n) is 3.96. The summed E-state index contributed by atoms with van der Waals surface area (Å²) in [6, 6.07) is 9.25. The van der Waals surface area contributed by atoms with Crippen molar-refractivity contribution in [3.8, 4) is 0 Å². The maximum atomic E-state index is 13.4. The van der Waals surface area contributed by atoms with Crippen molar-refractivity contribution in [2.45, 2.75) is 12.8 Å². The third-order valence-corrected chi connectivity index (χ3v) is 5.43. The van der Waals surface area contributed by atoms with Crippen molar-refractivity contribution in [3.63, 3.8) is 0 Å². The van der Waals surface area contributed by atoms with Gasteiger partial charge >= 0.3 is 6.03 Å². The van der Waals surface area contributed by atoms with Crippen LogP contribution in [0.5, 0.6) is 0 Å². The molecule has 0 spiro atoms. The third kappa shape index (κ3) is 4.01. The summed E-state index contributed by atoms with van der Waals surface area (Å²) in [7, 11) is 3.76. The van der Waals surface area contributed by atoms with Crippen LogP contribution >= 0.6 is 0 Å². The van der Waals surface area contributed by atoms with E-state index in [1.807, 2.05) is 35.6 Å². The molecule has 0 aliphatic rings. The van der Waals surface area contributed by atoms with Gasteiger partial charge in [-0.1, -0.05) is 0 Å². The molecule has 0 saturated heterocycles. The molecule has 0 aliphatic heterocycles. The highest BCUT2D eigenvalue weighted by atomic mass is 19.1. The van der Waals surface area contributed by atoms with Crippen LogP contribution in [0.15, 0.2) is 48.8 Å². The molecule has 0 aliphatic carbocycles. The van der Waals surface area contributed by atoms with Crippen LogP contribution in [-0.4, -0.2) is 28.3 Å². The number of benzene rings is 2. The quantitative estimate of drug-likeness (QED) is 0.495. The smallest absolute Gasteiger partial charge is 0.314 e. The molecule has 2 heterocycles. The molecule has 2 aromatic heterocycles. The molecule has 156 valence electrons. The van der Waals surface area contributed by atoms with E-state index >= 15 is 0 Å². The number of nitrogens with zero attached hydrogens (tertiary/aromatic N) is 2. The highest BCUT2D eigenvalue weighted by molar-refractivity contribution is 5.85. The minimum Gasteiger partial charge on any atom is -0.350 e. The van der Waals surface area contributed by atoms with Crippen LogP contribution in [0.2, 0.25) is 0 Å². The van der Waals surface area contributed by atoms with Crippen molar-refractivity contribution in [2.75, 3.05) is 13.1 Å². The van der Waals surface area contributed by atoms with Crippen molar-refractivity contribution in [3.05, 3.63) is 71.6 Å². The maximum Gasteiger partial charge on any atom is 0.314 e. The summed E-state index contributed by atoms with van der Waals surface area (Å²) in [6.45, 7) is 0.964. The SMILES string of the molecule is Cn1cc(CCNC(=O)NCCc2cn(C)c3cc(F)ccc23)c2ccc(F)cc21. The van der Waals surface area contributed by atoms with Crippen LogP contribution in [0.4, 0.5) is 13.6 Å². The van der Waals surface area contributed by atoms with Gasteiger partial charge in [0.25, 0.3) is 0 Å². The van der Waals surface area contributed by atoms with Crippen LogP contribution in [0, 0.1) is 11.6 Å². The number of hydrogen-bond acceptors (Lipinski definition) is 1. The number of nitrogens with one attached hydrogen (secondary N) is 2. The third-order valence-electron chi connectivity index (χ3n) is 5.43. The molecular weight excluding hydrogens is 386 g/mol. The zero-order chi connectivity index (χ0) is 21.3. The second kappa shape index (κ2) is 8.18. The summed E-state index contributed by atoms with van der Waals surface area (Å²) in [5, 5.41) is 7.72. The van der Waals surface area contributed by atoms with Gasteiger partial charge in [0.2, 0.25) is 0 Å². The number of aryl methyl sites for hydroxylation is 2. The average molecular weight is 410 g/mol. The van der Waals surface area contributed by atoms with Crippen molar-refractivity contribution in [1.29, 1.82) is 0 Å².